The van der Waals surface area contributed by atoms with Crippen LogP contribution in [0.4, 0.5) is 0 Å². The highest BCUT2D eigenvalue weighted by molar-refractivity contribution is 5.79. The van der Waals surface area contributed by atoms with Crippen LogP contribution in [0.2, 0.25) is 0 Å². The second-order valence-electron chi connectivity index (χ2n) is 6.28. The van der Waals surface area contributed by atoms with Crippen molar-refractivity contribution in [1.82, 2.24) is 15.5 Å². The fourth-order valence-electron chi connectivity index (χ4n) is 3.11. The van der Waals surface area contributed by atoms with E-state index in [2.05, 4.69) is 20.5 Å². The molecule has 0 aliphatic carbocycles. The van der Waals surface area contributed by atoms with Crippen LogP contribution in [0, 0.1) is 0 Å². The van der Waals surface area contributed by atoms with Gasteiger partial charge in [-0.05, 0) is 38.1 Å². The van der Waals surface area contributed by atoms with Gasteiger partial charge >= 0.3 is 0 Å². The zero-order valence-electron chi connectivity index (χ0n) is 14.5. The number of nitrogens with one attached hydrogen (secondary N) is 2. The van der Waals surface area contributed by atoms with Crippen molar-refractivity contribution >= 4 is 5.96 Å². The van der Waals surface area contributed by atoms with Crippen LogP contribution in [-0.2, 0) is 0 Å². The molecule has 0 bridgehead atoms. The maximum Gasteiger partial charge on any atom is 0.191 e. The summed E-state index contributed by atoms with van der Waals surface area (Å²) in [5.41, 5.74) is 0. The van der Waals surface area contributed by atoms with Crippen LogP contribution < -0.4 is 20.1 Å². The topological polar surface area (TPSA) is 58.1 Å². The number of fused-ring (bicyclic) bond motifs is 1. The molecule has 24 heavy (non-hydrogen) atoms. The summed E-state index contributed by atoms with van der Waals surface area (Å²) in [6.07, 6.45) is 4.02. The van der Waals surface area contributed by atoms with Crippen molar-refractivity contribution < 1.29 is 9.47 Å². The Morgan fingerprint density at radius 3 is 2.75 bits per heavy atom. The lowest BCUT2D eigenvalue weighted by Gasteiger charge is -2.28. The molecule has 1 unspecified atom stereocenters. The number of guanidine groups is 1. The molecule has 3 rings (SSSR count). The Labute approximate surface area is 144 Å². The summed E-state index contributed by atoms with van der Waals surface area (Å²) >= 11 is 0. The zero-order valence-corrected chi connectivity index (χ0v) is 14.5. The van der Waals surface area contributed by atoms with E-state index < -0.39 is 0 Å². The first-order valence-electron chi connectivity index (χ1n) is 8.90. The number of nitrogens with zero attached hydrogens (tertiary/aromatic N) is 2. The molecule has 0 aromatic heterocycles. The fourth-order valence-corrected chi connectivity index (χ4v) is 3.11. The minimum atomic E-state index is -0.0134. The Bertz CT molecular complexity index is 544. The minimum Gasteiger partial charge on any atom is -0.486 e. The first-order chi connectivity index (χ1) is 11.8. The third-order valence-corrected chi connectivity index (χ3v) is 4.46. The van der Waals surface area contributed by atoms with Crippen LogP contribution in [0.15, 0.2) is 29.3 Å². The van der Waals surface area contributed by atoms with E-state index in [0.717, 1.165) is 30.5 Å². The molecule has 6 nitrogen and oxygen atoms in total. The van der Waals surface area contributed by atoms with Crippen LogP contribution in [0.1, 0.15) is 19.3 Å². The number of piperidine rings is 1. The lowest BCUT2D eigenvalue weighted by molar-refractivity contribution is 0.0936. The summed E-state index contributed by atoms with van der Waals surface area (Å²) < 4.78 is 11.7. The molecule has 2 heterocycles. The predicted octanol–water partition coefficient (Wildman–Crippen LogP) is 1.48. The highest BCUT2D eigenvalue weighted by Gasteiger charge is 2.20. The van der Waals surface area contributed by atoms with E-state index >= 15 is 0 Å². The van der Waals surface area contributed by atoms with Gasteiger partial charge in [-0.1, -0.05) is 18.6 Å². The smallest absolute Gasteiger partial charge is 0.191 e. The van der Waals surface area contributed by atoms with Gasteiger partial charge in [0.05, 0.1) is 6.54 Å². The van der Waals surface area contributed by atoms with Gasteiger partial charge in [0, 0.05) is 20.1 Å². The fraction of sp³-hybridized carbons (Fsp3) is 0.611. The van der Waals surface area contributed by atoms with E-state index in [1.54, 1.807) is 7.05 Å². The molecular weight excluding hydrogens is 304 g/mol. The molecule has 0 saturated carbocycles. The lowest BCUT2D eigenvalue weighted by atomic mass is 10.1. The van der Waals surface area contributed by atoms with Crippen LogP contribution in [0.5, 0.6) is 11.5 Å². The van der Waals surface area contributed by atoms with Crippen LogP contribution >= 0.6 is 0 Å². The summed E-state index contributed by atoms with van der Waals surface area (Å²) in [6.45, 7) is 5.63. The normalized spacial score (nSPS) is 21.4. The number of likely N-dealkylation sites (tertiary alicyclic amines) is 1. The minimum absolute atomic E-state index is 0.0134. The third-order valence-electron chi connectivity index (χ3n) is 4.46. The summed E-state index contributed by atoms with van der Waals surface area (Å²) in [4.78, 5) is 6.79. The van der Waals surface area contributed by atoms with Gasteiger partial charge in [-0.3, -0.25) is 4.99 Å². The van der Waals surface area contributed by atoms with Crippen molar-refractivity contribution in [2.45, 2.75) is 25.4 Å². The standard InChI is InChI=1S/C18H28N4O2/c1-19-18(20-9-12-22-10-5-2-6-11-22)21-13-15-14-23-16-7-3-4-8-17(16)24-15/h3-4,7-8,15H,2,5-6,9-14H2,1H3,(H2,19,20,21). The predicted molar refractivity (Wildman–Crippen MR) is 96.0 cm³/mol. The molecular formula is C18H28N4O2. The molecule has 0 spiro atoms. The first-order valence-corrected chi connectivity index (χ1v) is 8.90. The maximum absolute atomic E-state index is 5.95. The van der Waals surface area contributed by atoms with E-state index in [1.807, 2.05) is 24.3 Å². The van der Waals surface area contributed by atoms with Crippen molar-refractivity contribution in [2.75, 3.05) is 46.4 Å². The molecule has 0 radical (unpaired) electrons. The quantitative estimate of drug-likeness (QED) is 0.632. The number of hydrogen-bond donors (Lipinski definition) is 2. The van der Waals surface area contributed by atoms with Crippen LogP contribution in [0.25, 0.3) is 0 Å². The Kier molecular flexibility index (Phi) is 6.18. The monoisotopic (exact) mass is 332 g/mol. The molecule has 1 atom stereocenters. The molecule has 2 aliphatic heterocycles. The van der Waals surface area contributed by atoms with Crippen molar-refractivity contribution in [1.29, 1.82) is 0 Å². The third kappa shape index (κ3) is 4.77. The Morgan fingerprint density at radius 2 is 1.96 bits per heavy atom. The van der Waals surface area contributed by atoms with Gasteiger partial charge < -0.3 is 25.0 Å². The summed E-state index contributed by atoms with van der Waals surface area (Å²) in [5.74, 6) is 2.44. The Balaban J connectivity index is 1.37. The molecule has 2 aliphatic rings. The summed E-state index contributed by atoms with van der Waals surface area (Å²) in [7, 11) is 1.80. The molecule has 1 saturated heterocycles. The Morgan fingerprint density at radius 1 is 1.17 bits per heavy atom. The highest BCUT2D eigenvalue weighted by Crippen LogP contribution is 2.30. The average Bonchev–Trinajstić information content (AvgIpc) is 2.65. The molecule has 132 valence electrons. The van der Waals surface area contributed by atoms with Gasteiger partial charge in [0.2, 0.25) is 0 Å². The van der Waals surface area contributed by atoms with Crippen molar-refractivity contribution in [2.24, 2.45) is 4.99 Å². The van der Waals surface area contributed by atoms with E-state index in [1.165, 1.54) is 32.4 Å². The number of hydrogen-bond acceptors (Lipinski definition) is 4. The van der Waals surface area contributed by atoms with E-state index in [0.29, 0.717) is 13.2 Å². The lowest BCUT2D eigenvalue weighted by Crippen LogP contribution is -2.47. The van der Waals surface area contributed by atoms with E-state index in [9.17, 15) is 0 Å². The van der Waals surface area contributed by atoms with Crippen molar-refractivity contribution in [3.05, 3.63) is 24.3 Å². The van der Waals surface area contributed by atoms with Crippen LogP contribution in [-0.4, -0.2) is 63.3 Å². The van der Waals surface area contributed by atoms with Crippen molar-refractivity contribution in [3.63, 3.8) is 0 Å². The molecule has 2 N–H and O–H groups in total. The van der Waals surface area contributed by atoms with Crippen molar-refractivity contribution in [3.8, 4) is 11.5 Å². The van der Waals surface area contributed by atoms with Gasteiger partial charge in [0.25, 0.3) is 0 Å². The summed E-state index contributed by atoms with van der Waals surface area (Å²) in [5, 5.41) is 6.70. The first kappa shape index (κ1) is 16.9. The largest absolute Gasteiger partial charge is 0.486 e. The molecule has 1 aromatic rings. The van der Waals surface area contributed by atoms with E-state index in [4.69, 9.17) is 9.47 Å². The number of aliphatic imine (C=N–C) groups is 1. The van der Waals surface area contributed by atoms with Gasteiger partial charge in [-0.2, -0.15) is 0 Å². The number of benzene rings is 1. The van der Waals surface area contributed by atoms with Gasteiger partial charge in [0.15, 0.2) is 17.5 Å². The van der Waals surface area contributed by atoms with E-state index in [-0.39, 0.29) is 6.10 Å². The highest BCUT2D eigenvalue weighted by atomic mass is 16.6. The number of ether oxygens (including phenoxy) is 2. The molecule has 6 heteroatoms. The zero-order chi connectivity index (χ0) is 16.6. The second-order valence-corrected chi connectivity index (χ2v) is 6.28. The Hall–Kier alpha value is -1.95. The number of rotatable bonds is 5. The maximum atomic E-state index is 5.95. The molecule has 0 amide bonds. The van der Waals surface area contributed by atoms with Crippen LogP contribution in [0.3, 0.4) is 0 Å². The average molecular weight is 332 g/mol. The van der Waals surface area contributed by atoms with Gasteiger partial charge in [-0.25, -0.2) is 0 Å². The molecule has 1 fully saturated rings. The number of para-hydroxylation sites is 2. The SMILES string of the molecule is CN=C(NCCN1CCCCC1)NCC1COc2ccccc2O1. The van der Waals surface area contributed by atoms with Gasteiger partial charge in [0.1, 0.15) is 12.7 Å². The molecule has 1 aromatic carbocycles. The summed E-state index contributed by atoms with van der Waals surface area (Å²) in [6, 6.07) is 7.78. The second kappa shape index (κ2) is 8.78. The van der Waals surface area contributed by atoms with Gasteiger partial charge in [-0.15, -0.1) is 0 Å².